The lowest BCUT2D eigenvalue weighted by molar-refractivity contribution is 0.413. The van der Waals surface area contributed by atoms with E-state index < -0.39 is 0 Å². The van der Waals surface area contributed by atoms with Crippen molar-refractivity contribution in [1.29, 1.82) is 0 Å². The van der Waals surface area contributed by atoms with E-state index >= 15 is 0 Å². The molecule has 0 saturated carbocycles. The monoisotopic (exact) mass is 286 g/mol. The van der Waals surface area contributed by atoms with Gasteiger partial charge in [0.05, 0.1) is 12.0 Å². The van der Waals surface area contributed by atoms with Crippen LogP contribution in [0.1, 0.15) is 11.3 Å². The lowest BCUT2D eigenvalue weighted by Gasteiger charge is -2.04. The van der Waals surface area contributed by atoms with Gasteiger partial charge in [-0.2, -0.15) is 0 Å². The van der Waals surface area contributed by atoms with E-state index in [9.17, 15) is 0 Å². The molecule has 0 spiro atoms. The number of rotatable bonds is 4. The highest BCUT2D eigenvalue weighted by atomic mass is 32.2. The fourth-order valence-corrected chi connectivity index (χ4v) is 2.79. The van der Waals surface area contributed by atoms with Crippen LogP contribution in [0.2, 0.25) is 0 Å². The quantitative estimate of drug-likeness (QED) is 0.577. The summed E-state index contributed by atoms with van der Waals surface area (Å²) in [5.41, 5.74) is 8.66. The zero-order chi connectivity index (χ0) is 13.9. The van der Waals surface area contributed by atoms with Crippen molar-refractivity contribution in [1.82, 2.24) is 5.16 Å². The highest BCUT2D eigenvalue weighted by Crippen LogP contribution is 2.29. The van der Waals surface area contributed by atoms with Gasteiger partial charge in [-0.05, 0) is 36.8 Å². The number of hydrogen-bond acceptors (Lipinski definition) is 5. The van der Waals surface area contributed by atoms with Gasteiger partial charge in [0.25, 0.3) is 0 Å². The Bertz CT molecular complexity index is 704. The third-order valence-corrected chi connectivity index (χ3v) is 4.10. The van der Waals surface area contributed by atoms with Crippen LogP contribution in [-0.4, -0.2) is 5.16 Å². The van der Waals surface area contributed by atoms with Crippen LogP contribution >= 0.6 is 11.8 Å². The number of nitrogens with zero attached hydrogens (tertiary/aromatic N) is 1. The molecule has 0 aliphatic heterocycles. The largest absolute Gasteiger partial charge is 0.461 e. The van der Waals surface area contributed by atoms with Crippen LogP contribution in [0.3, 0.4) is 0 Å². The van der Waals surface area contributed by atoms with Gasteiger partial charge < -0.3 is 14.7 Å². The number of aromatic nitrogens is 1. The van der Waals surface area contributed by atoms with Crippen molar-refractivity contribution >= 4 is 17.4 Å². The van der Waals surface area contributed by atoms with Gasteiger partial charge in [-0.15, -0.1) is 11.8 Å². The molecule has 0 atom stereocenters. The third kappa shape index (κ3) is 2.72. The van der Waals surface area contributed by atoms with Crippen molar-refractivity contribution in [2.45, 2.75) is 17.6 Å². The first-order chi connectivity index (χ1) is 9.72. The Labute approximate surface area is 120 Å². The zero-order valence-electron chi connectivity index (χ0n) is 11.0. The maximum atomic E-state index is 5.80. The predicted molar refractivity (Wildman–Crippen MR) is 79.4 cm³/mol. The predicted octanol–water partition coefficient (Wildman–Crippen LogP) is 4.12. The van der Waals surface area contributed by atoms with E-state index in [2.05, 4.69) is 12.1 Å². The van der Waals surface area contributed by atoms with Crippen molar-refractivity contribution < 1.29 is 8.94 Å². The minimum atomic E-state index is 0.648. The summed E-state index contributed by atoms with van der Waals surface area (Å²) in [5, 5.41) is 4.05. The Morgan fingerprint density at radius 3 is 2.90 bits per heavy atom. The first kappa shape index (κ1) is 12.9. The van der Waals surface area contributed by atoms with Gasteiger partial charge in [-0.25, -0.2) is 0 Å². The molecule has 0 amide bonds. The molecule has 20 heavy (non-hydrogen) atoms. The minimum absolute atomic E-state index is 0.648. The van der Waals surface area contributed by atoms with Crippen molar-refractivity contribution in [3.05, 3.63) is 53.9 Å². The fourth-order valence-electron chi connectivity index (χ4n) is 1.84. The highest BCUT2D eigenvalue weighted by Gasteiger charge is 2.10. The summed E-state index contributed by atoms with van der Waals surface area (Å²) in [4.78, 5) is 1.16. The van der Waals surface area contributed by atoms with Gasteiger partial charge in [0.1, 0.15) is 0 Å². The van der Waals surface area contributed by atoms with Crippen molar-refractivity contribution in [2.24, 2.45) is 0 Å². The summed E-state index contributed by atoms with van der Waals surface area (Å²) in [6, 6.07) is 11.5. The number of thioether (sulfide) groups is 1. The van der Waals surface area contributed by atoms with Gasteiger partial charge in [-0.1, -0.05) is 11.2 Å². The number of anilines is 1. The van der Waals surface area contributed by atoms with Gasteiger partial charge in [0.15, 0.2) is 5.76 Å². The molecule has 102 valence electrons. The molecule has 4 nitrogen and oxygen atoms in total. The molecule has 0 bridgehead atoms. The van der Waals surface area contributed by atoms with Crippen molar-refractivity contribution in [3.8, 4) is 11.5 Å². The molecule has 2 heterocycles. The fraction of sp³-hybridized carbons (Fsp3) is 0.133. The van der Waals surface area contributed by atoms with Crippen LogP contribution in [0.4, 0.5) is 5.69 Å². The van der Waals surface area contributed by atoms with Crippen LogP contribution in [0.15, 0.2) is 56.5 Å². The Morgan fingerprint density at radius 1 is 1.20 bits per heavy atom. The molecule has 0 aliphatic rings. The normalized spacial score (nSPS) is 10.8. The van der Waals surface area contributed by atoms with E-state index in [0.717, 1.165) is 22.0 Å². The molecule has 1 aromatic carbocycles. The molecule has 3 aromatic rings. The molecular weight excluding hydrogens is 272 g/mol. The molecule has 0 aliphatic carbocycles. The summed E-state index contributed by atoms with van der Waals surface area (Å²) < 4.78 is 10.5. The van der Waals surface area contributed by atoms with Crippen LogP contribution in [0, 0.1) is 6.92 Å². The van der Waals surface area contributed by atoms with Gasteiger partial charge in [-0.3, -0.25) is 0 Å². The second-order valence-electron chi connectivity index (χ2n) is 4.47. The molecule has 3 rings (SSSR count). The van der Waals surface area contributed by atoms with Crippen LogP contribution in [0.5, 0.6) is 0 Å². The highest BCUT2D eigenvalue weighted by molar-refractivity contribution is 7.98. The second kappa shape index (κ2) is 5.46. The van der Waals surface area contributed by atoms with E-state index in [4.69, 9.17) is 14.7 Å². The molecule has 2 N–H and O–H groups in total. The lowest BCUT2D eigenvalue weighted by Crippen LogP contribution is -1.88. The smallest absolute Gasteiger partial charge is 0.202 e. The standard InChI is InChI=1S/C15H14N2O2S/c1-10-4-5-11(16)7-15(10)20-9-12-8-14(19-17-12)13-3-2-6-18-13/h2-8H,9,16H2,1H3. The average molecular weight is 286 g/mol. The Hall–Kier alpha value is -2.14. The van der Waals surface area contributed by atoms with E-state index in [1.165, 1.54) is 5.56 Å². The molecule has 0 unspecified atom stereocenters. The zero-order valence-corrected chi connectivity index (χ0v) is 11.8. The number of hydrogen-bond donors (Lipinski definition) is 1. The van der Waals surface area contributed by atoms with E-state index in [1.54, 1.807) is 18.0 Å². The number of nitrogens with two attached hydrogens (primary N) is 1. The third-order valence-electron chi connectivity index (χ3n) is 2.91. The van der Waals surface area contributed by atoms with E-state index in [-0.39, 0.29) is 0 Å². The van der Waals surface area contributed by atoms with E-state index in [0.29, 0.717) is 11.5 Å². The number of furan rings is 1. The Balaban J connectivity index is 1.71. The summed E-state index contributed by atoms with van der Waals surface area (Å²) in [6.07, 6.45) is 1.61. The van der Waals surface area contributed by atoms with Crippen LogP contribution in [0.25, 0.3) is 11.5 Å². The summed E-state index contributed by atoms with van der Waals surface area (Å²) in [5.74, 6) is 2.07. The maximum Gasteiger partial charge on any atom is 0.202 e. The molecule has 0 radical (unpaired) electrons. The van der Waals surface area contributed by atoms with Gasteiger partial charge in [0, 0.05) is 22.4 Å². The first-order valence-corrected chi connectivity index (χ1v) is 7.19. The number of aryl methyl sites for hydroxylation is 1. The van der Waals surface area contributed by atoms with Crippen LogP contribution in [-0.2, 0) is 5.75 Å². The summed E-state index contributed by atoms with van der Waals surface area (Å²) in [6.45, 7) is 2.07. The lowest BCUT2D eigenvalue weighted by atomic mass is 10.2. The average Bonchev–Trinajstić information content (AvgIpc) is 3.09. The van der Waals surface area contributed by atoms with E-state index in [1.807, 2.05) is 36.4 Å². The Kier molecular flexibility index (Phi) is 3.52. The molecule has 5 heteroatoms. The first-order valence-electron chi connectivity index (χ1n) is 6.21. The van der Waals surface area contributed by atoms with Gasteiger partial charge >= 0.3 is 0 Å². The molecule has 0 fully saturated rings. The maximum absolute atomic E-state index is 5.80. The van der Waals surface area contributed by atoms with Gasteiger partial charge in [0.2, 0.25) is 5.76 Å². The topological polar surface area (TPSA) is 65.2 Å². The number of benzene rings is 1. The van der Waals surface area contributed by atoms with Crippen molar-refractivity contribution in [2.75, 3.05) is 5.73 Å². The molecular formula is C15H14N2O2S. The SMILES string of the molecule is Cc1ccc(N)cc1SCc1cc(-c2ccco2)on1. The molecule has 2 aromatic heterocycles. The van der Waals surface area contributed by atoms with Crippen LogP contribution < -0.4 is 5.73 Å². The Morgan fingerprint density at radius 2 is 2.10 bits per heavy atom. The van der Waals surface area contributed by atoms with Crippen molar-refractivity contribution in [3.63, 3.8) is 0 Å². The summed E-state index contributed by atoms with van der Waals surface area (Å²) >= 11 is 1.69. The summed E-state index contributed by atoms with van der Waals surface area (Å²) in [7, 11) is 0. The molecule has 0 saturated heterocycles. The number of nitrogen functional groups attached to an aromatic ring is 1. The minimum Gasteiger partial charge on any atom is -0.461 e. The second-order valence-corrected chi connectivity index (χ2v) is 5.49.